The third-order valence-electron chi connectivity index (χ3n) is 3.71. The second-order valence-electron chi connectivity index (χ2n) is 5.80. The SMILES string of the molecule is Cc1ccc2c(Cl)cc(Cl)c(OS(=O)(=O)c3ccc(S(C)(=O)=O)cc3)c2n1. The number of benzene rings is 2. The van der Waals surface area contributed by atoms with E-state index in [0.717, 1.165) is 18.4 Å². The summed E-state index contributed by atoms with van der Waals surface area (Å²) in [5.74, 6) is -0.146. The van der Waals surface area contributed by atoms with E-state index in [2.05, 4.69) is 4.98 Å². The first kappa shape index (κ1) is 19.9. The smallest absolute Gasteiger partial charge is 0.339 e. The Morgan fingerprint density at radius 1 is 0.889 bits per heavy atom. The fraction of sp³-hybridized carbons (Fsp3) is 0.118. The molecule has 0 fully saturated rings. The van der Waals surface area contributed by atoms with Crippen molar-refractivity contribution >= 4 is 54.1 Å². The quantitative estimate of drug-likeness (QED) is 0.563. The molecule has 0 aliphatic rings. The lowest BCUT2D eigenvalue weighted by Crippen LogP contribution is -2.11. The number of nitrogens with zero attached hydrogens (tertiary/aromatic N) is 1. The van der Waals surface area contributed by atoms with Crippen molar-refractivity contribution in [2.45, 2.75) is 16.7 Å². The van der Waals surface area contributed by atoms with Gasteiger partial charge in [0, 0.05) is 17.3 Å². The zero-order valence-corrected chi connectivity index (χ0v) is 17.2. The summed E-state index contributed by atoms with van der Waals surface area (Å²) in [6.45, 7) is 1.73. The number of aryl methyl sites for hydroxylation is 1. The average Bonchev–Trinajstić information content (AvgIpc) is 2.58. The molecule has 0 aliphatic carbocycles. The first-order valence-corrected chi connectivity index (χ1v) is 11.5. The van der Waals surface area contributed by atoms with Crippen LogP contribution in [0.25, 0.3) is 10.9 Å². The van der Waals surface area contributed by atoms with Crippen molar-refractivity contribution in [1.82, 2.24) is 4.98 Å². The number of fused-ring (bicyclic) bond motifs is 1. The monoisotopic (exact) mass is 445 g/mol. The molecule has 0 bridgehead atoms. The maximum atomic E-state index is 12.6. The van der Waals surface area contributed by atoms with Crippen LogP contribution >= 0.6 is 23.2 Å². The van der Waals surface area contributed by atoms with Crippen molar-refractivity contribution in [1.29, 1.82) is 0 Å². The molecule has 1 aromatic heterocycles. The predicted octanol–water partition coefficient (Wildman–Crippen LogP) is 4.02. The number of hydrogen-bond donors (Lipinski definition) is 0. The molecule has 3 aromatic rings. The molecule has 0 unspecified atom stereocenters. The van der Waals surface area contributed by atoms with Gasteiger partial charge in [-0.15, -0.1) is 0 Å². The van der Waals surface area contributed by atoms with Crippen LogP contribution in [0.4, 0.5) is 0 Å². The lowest BCUT2D eigenvalue weighted by molar-refractivity contribution is 0.488. The van der Waals surface area contributed by atoms with Gasteiger partial charge in [0.25, 0.3) is 0 Å². The third kappa shape index (κ3) is 4.03. The van der Waals surface area contributed by atoms with Crippen LogP contribution in [0.5, 0.6) is 5.75 Å². The molecule has 0 radical (unpaired) electrons. The van der Waals surface area contributed by atoms with Gasteiger partial charge in [-0.25, -0.2) is 13.4 Å². The van der Waals surface area contributed by atoms with Crippen molar-refractivity contribution in [3.05, 3.63) is 58.2 Å². The van der Waals surface area contributed by atoms with E-state index < -0.39 is 20.0 Å². The van der Waals surface area contributed by atoms with E-state index in [1.54, 1.807) is 19.1 Å². The Labute approximate surface area is 166 Å². The van der Waals surface area contributed by atoms with Crippen LogP contribution in [0.3, 0.4) is 0 Å². The maximum absolute atomic E-state index is 12.6. The standard InChI is InChI=1S/C17H13Cl2NO5S2/c1-10-3-8-13-14(18)9-15(19)17(16(13)20-10)25-27(23,24)12-6-4-11(5-7-12)26(2,21)22/h3-9H,1-2H3. The number of sulfone groups is 1. The van der Waals surface area contributed by atoms with E-state index in [0.29, 0.717) is 16.1 Å². The maximum Gasteiger partial charge on any atom is 0.339 e. The molecule has 0 saturated heterocycles. The van der Waals surface area contributed by atoms with Crippen LogP contribution in [-0.2, 0) is 20.0 Å². The highest BCUT2D eigenvalue weighted by Gasteiger charge is 2.23. The molecule has 2 aromatic carbocycles. The molecule has 1 heterocycles. The number of halogens is 2. The summed E-state index contributed by atoms with van der Waals surface area (Å²) < 4.78 is 53.6. The van der Waals surface area contributed by atoms with E-state index in [1.165, 1.54) is 18.2 Å². The highest BCUT2D eigenvalue weighted by Crippen LogP contribution is 2.38. The van der Waals surface area contributed by atoms with Gasteiger partial charge in [0.1, 0.15) is 10.4 Å². The van der Waals surface area contributed by atoms with E-state index in [1.807, 2.05) is 0 Å². The van der Waals surface area contributed by atoms with Crippen LogP contribution in [0, 0.1) is 6.92 Å². The zero-order chi connectivity index (χ0) is 20.0. The Bertz CT molecular complexity index is 1250. The number of hydrogen-bond acceptors (Lipinski definition) is 6. The summed E-state index contributed by atoms with van der Waals surface area (Å²) in [6.07, 6.45) is 1.03. The first-order valence-electron chi connectivity index (χ1n) is 7.49. The zero-order valence-electron chi connectivity index (χ0n) is 14.1. The Morgan fingerprint density at radius 3 is 2.07 bits per heavy atom. The minimum absolute atomic E-state index is 0.00582. The molecule has 27 heavy (non-hydrogen) atoms. The average molecular weight is 446 g/mol. The van der Waals surface area contributed by atoms with Crippen LogP contribution in [0.2, 0.25) is 10.0 Å². The lowest BCUT2D eigenvalue weighted by atomic mass is 10.2. The fourth-order valence-corrected chi connectivity index (χ4v) is 4.57. The highest BCUT2D eigenvalue weighted by molar-refractivity contribution is 7.90. The molecular weight excluding hydrogens is 433 g/mol. The van der Waals surface area contributed by atoms with Crippen molar-refractivity contribution in [2.24, 2.45) is 0 Å². The topological polar surface area (TPSA) is 90.4 Å². The van der Waals surface area contributed by atoms with Gasteiger partial charge in [-0.3, -0.25) is 0 Å². The van der Waals surface area contributed by atoms with Crippen LogP contribution in [0.15, 0.2) is 52.3 Å². The summed E-state index contributed by atoms with van der Waals surface area (Å²) in [5, 5.41) is 0.788. The second-order valence-corrected chi connectivity index (χ2v) is 10.2. The Morgan fingerprint density at radius 2 is 1.48 bits per heavy atom. The molecule has 10 heteroatoms. The van der Waals surface area contributed by atoms with E-state index in [-0.39, 0.29) is 26.1 Å². The van der Waals surface area contributed by atoms with E-state index in [9.17, 15) is 16.8 Å². The molecule has 6 nitrogen and oxygen atoms in total. The molecule has 142 valence electrons. The van der Waals surface area contributed by atoms with E-state index in [4.69, 9.17) is 27.4 Å². The normalized spacial score (nSPS) is 12.3. The second kappa shape index (κ2) is 6.94. The molecule has 0 amide bonds. The number of aromatic nitrogens is 1. The van der Waals surface area contributed by atoms with Gasteiger partial charge in [-0.05, 0) is 49.4 Å². The van der Waals surface area contributed by atoms with Gasteiger partial charge >= 0.3 is 10.1 Å². The number of pyridine rings is 1. The molecule has 0 atom stereocenters. The molecule has 0 aliphatic heterocycles. The van der Waals surface area contributed by atoms with Gasteiger partial charge in [0.15, 0.2) is 15.6 Å². The Kier molecular flexibility index (Phi) is 5.11. The third-order valence-corrected chi connectivity index (χ3v) is 6.67. The Balaban J connectivity index is 2.10. The van der Waals surface area contributed by atoms with Gasteiger partial charge < -0.3 is 4.18 Å². The lowest BCUT2D eigenvalue weighted by Gasteiger charge is -2.12. The fourth-order valence-electron chi connectivity index (χ4n) is 2.38. The van der Waals surface area contributed by atoms with Gasteiger partial charge in [-0.2, -0.15) is 8.42 Å². The van der Waals surface area contributed by atoms with Gasteiger partial charge in [0.2, 0.25) is 0 Å². The van der Waals surface area contributed by atoms with Crippen LogP contribution in [-0.4, -0.2) is 28.1 Å². The highest BCUT2D eigenvalue weighted by atomic mass is 35.5. The largest absolute Gasteiger partial charge is 0.375 e. The van der Waals surface area contributed by atoms with Crippen LogP contribution < -0.4 is 4.18 Å². The summed E-state index contributed by atoms with van der Waals surface area (Å²) in [7, 11) is -7.73. The van der Waals surface area contributed by atoms with Crippen molar-refractivity contribution in [3.8, 4) is 5.75 Å². The molecular formula is C17H13Cl2NO5S2. The van der Waals surface area contributed by atoms with Crippen LogP contribution in [0.1, 0.15) is 5.69 Å². The van der Waals surface area contributed by atoms with E-state index >= 15 is 0 Å². The first-order chi connectivity index (χ1) is 12.5. The van der Waals surface area contributed by atoms with Crippen molar-refractivity contribution < 1.29 is 21.0 Å². The molecule has 0 saturated carbocycles. The number of rotatable bonds is 4. The van der Waals surface area contributed by atoms with Crippen molar-refractivity contribution in [3.63, 3.8) is 0 Å². The minimum Gasteiger partial charge on any atom is -0.375 e. The predicted molar refractivity (Wildman–Crippen MR) is 104 cm³/mol. The summed E-state index contributed by atoms with van der Waals surface area (Å²) in [6, 6.07) is 9.47. The molecule has 3 rings (SSSR count). The molecule has 0 spiro atoms. The molecule has 0 N–H and O–H groups in total. The van der Waals surface area contributed by atoms with Crippen molar-refractivity contribution in [2.75, 3.05) is 6.26 Å². The van der Waals surface area contributed by atoms with Gasteiger partial charge in [0.05, 0.1) is 14.9 Å². The van der Waals surface area contributed by atoms with Gasteiger partial charge in [-0.1, -0.05) is 23.2 Å². The minimum atomic E-state index is -4.28. The Hall–Kier alpha value is -1.87. The summed E-state index contributed by atoms with van der Waals surface area (Å²) >= 11 is 12.3. The summed E-state index contributed by atoms with van der Waals surface area (Å²) in [5.41, 5.74) is 0.837. The summed E-state index contributed by atoms with van der Waals surface area (Å²) in [4.78, 5) is 4.06.